The molecule has 4 heterocycles. The lowest BCUT2D eigenvalue weighted by Gasteiger charge is -2.23. The summed E-state index contributed by atoms with van der Waals surface area (Å²) in [5.74, 6) is 0.291. The number of ether oxygens (including phenoxy) is 1. The molecule has 0 spiro atoms. The van der Waals surface area contributed by atoms with Crippen LogP contribution in [0.15, 0.2) is 12.3 Å². The second kappa shape index (κ2) is 6.24. The standard InChI is InChI=1S/C17H19N5O3S/c1-8-3-4-22(13(8)15(18)23)17(24)21-16-20-11-7-25-12-6-19-9(2)5-10(12)14(11)26-16/h5-6,8,13H,3-4,7H2,1-2H3,(H2,18,23)(H,20,21,24)/t8-,13+/m1/s1. The summed E-state index contributed by atoms with van der Waals surface area (Å²) in [5, 5.41) is 3.29. The van der Waals surface area contributed by atoms with Crippen LogP contribution in [-0.2, 0) is 11.4 Å². The molecule has 2 aromatic heterocycles. The number of nitrogens with zero attached hydrogens (tertiary/aromatic N) is 3. The lowest BCUT2D eigenvalue weighted by atomic mass is 10.0. The Morgan fingerprint density at radius 3 is 3.04 bits per heavy atom. The van der Waals surface area contributed by atoms with Crippen LogP contribution < -0.4 is 15.8 Å². The molecule has 0 saturated carbocycles. The molecular formula is C17H19N5O3S. The first-order valence-corrected chi connectivity index (χ1v) is 9.22. The Labute approximate surface area is 154 Å². The summed E-state index contributed by atoms with van der Waals surface area (Å²) in [5.41, 5.74) is 8.06. The molecule has 2 atom stereocenters. The summed E-state index contributed by atoms with van der Waals surface area (Å²) in [6.45, 7) is 4.68. The van der Waals surface area contributed by atoms with Crippen LogP contribution in [0.3, 0.4) is 0 Å². The highest BCUT2D eigenvalue weighted by molar-refractivity contribution is 7.19. The number of primary amides is 1. The zero-order chi connectivity index (χ0) is 18.4. The average molecular weight is 373 g/mol. The predicted molar refractivity (Wildman–Crippen MR) is 96.9 cm³/mol. The molecular weight excluding hydrogens is 354 g/mol. The summed E-state index contributed by atoms with van der Waals surface area (Å²) in [7, 11) is 0. The molecule has 0 bridgehead atoms. The summed E-state index contributed by atoms with van der Waals surface area (Å²) in [6, 6.07) is 1.02. The van der Waals surface area contributed by atoms with E-state index in [1.165, 1.54) is 16.2 Å². The van der Waals surface area contributed by atoms with Crippen molar-refractivity contribution >= 4 is 28.4 Å². The number of fused-ring (bicyclic) bond motifs is 3. The third kappa shape index (κ3) is 2.78. The van der Waals surface area contributed by atoms with Crippen LogP contribution in [0.4, 0.5) is 9.93 Å². The summed E-state index contributed by atoms with van der Waals surface area (Å²) in [4.78, 5) is 35.5. The third-order valence-electron chi connectivity index (χ3n) is 4.78. The lowest BCUT2D eigenvalue weighted by molar-refractivity contribution is -0.122. The topological polar surface area (TPSA) is 110 Å². The van der Waals surface area contributed by atoms with E-state index in [9.17, 15) is 9.59 Å². The van der Waals surface area contributed by atoms with Crippen LogP contribution >= 0.6 is 11.3 Å². The van der Waals surface area contributed by atoms with Gasteiger partial charge in [-0.15, -0.1) is 0 Å². The van der Waals surface area contributed by atoms with Crippen molar-refractivity contribution < 1.29 is 14.3 Å². The molecule has 2 aromatic rings. The minimum absolute atomic E-state index is 0.0542. The van der Waals surface area contributed by atoms with Crippen LogP contribution in [0.25, 0.3) is 10.4 Å². The van der Waals surface area contributed by atoms with E-state index in [-0.39, 0.29) is 11.9 Å². The van der Waals surface area contributed by atoms with Gasteiger partial charge in [-0.3, -0.25) is 15.1 Å². The Bertz CT molecular complexity index is 897. The number of thiazole rings is 1. The molecule has 1 fully saturated rings. The number of anilines is 1. The van der Waals surface area contributed by atoms with Crippen molar-refractivity contribution in [3.05, 3.63) is 23.7 Å². The van der Waals surface area contributed by atoms with Crippen LogP contribution in [0.2, 0.25) is 0 Å². The van der Waals surface area contributed by atoms with Crippen LogP contribution in [0.1, 0.15) is 24.7 Å². The highest BCUT2D eigenvalue weighted by atomic mass is 32.1. The molecule has 0 unspecified atom stereocenters. The Kier molecular flexibility index (Phi) is 4.03. The second-order valence-corrected chi connectivity index (χ2v) is 7.64. The van der Waals surface area contributed by atoms with E-state index in [4.69, 9.17) is 10.5 Å². The van der Waals surface area contributed by atoms with Gasteiger partial charge in [0.25, 0.3) is 0 Å². The van der Waals surface area contributed by atoms with Gasteiger partial charge in [0.15, 0.2) is 5.13 Å². The fraction of sp³-hybridized carbons (Fsp3) is 0.412. The Hall–Kier alpha value is -2.68. The highest BCUT2D eigenvalue weighted by Crippen LogP contribution is 2.42. The van der Waals surface area contributed by atoms with E-state index in [0.717, 1.165) is 28.2 Å². The fourth-order valence-corrected chi connectivity index (χ4v) is 4.45. The van der Waals surface area contributed by atoms with Gasteiger partial charge in [-0.1, -0.05) is 18.3 Å². The first-order valence-electron chi connectivity index (χ1n) is 8.40. The van der Waals surface area contributed by atoms with Crippen LogP contribution in [0.5, 0.6) is 5.75 Å². The van der Waals surface area contributed by atoms with Gasteiger partial charge in [0, 0.05) is 17.8 Å². The predicted octanol–water partition coefficient (Wildman–Crippen LogP) is 2.13. The number of aromatic nitrogens is 2. The number of amides is 3. The molecule has 3 amide bonds. The molecule has 0 aliphatic carbocycles. The van der Waals surface area contributed by atoms with Gasteiger partial charge in [-0.05, 0) is 25.3 Å². The molecule has 4 rings (SSSR count). The second-order valence-electron chi connectivity index (χ2n) is 6.64. The normalized spacial score (nSPS) is 20.9. The van der Waals surface area contributed by atoms with E-state index in [1.807, 2.05) is 19.9 Å². The Balaban J connectivity index is 1.58. The van der Waals surface area contributed by atoms with Gasteiger partial charge >= 0.3 is 6.03 Å². The van der Waals surface area contributed by atoms with Crippen LogP contribution in [-0.4, -0.2) is 39.4 Å². The minimum Gasteiger partial charge on any atom is -0.485 e. The minimum atomic E-state index is -0.581. The maximum absolute atomic E-state index is 12.6. The van der Waals surface area contributed by atoms with Crippen molar-refractivity contribution in [2.75, 3.05) is 11.9 Å². The van der Waals surface area contributed by atoms with Gasteiger partial charge in [-0.2, -0.15) is 0 Å². The van der Waals surface area contributed by atoms with Crippen molar-refractivity contribution in [2.45, 2.75) is 32.9 Å². The fourth-order valence-electron chi connectivity index (χ4n) is 3.47. The third-order valence-corrected chi connectivity index (χ3v) is 5.82. The van der Waals surface area contributed by atoms with Crippen molar-refractivity contribution in [3.8, 4) is 16.2 Å². The zero-order valence-corrected chi connectivity index (χ0v) is 15.3. The Morgan fingerprint density at radius 1 is 1.46 bits per heavy atom. The van der Waals surface area contributed by atoms with E-state index >= 15 is 0 Å². The summed E-state index contributed by atoms with van der Waals surface area (Å²) < 4.78 is 5.68. The molecule has 0 radical (unpaired) electrons. The SMILES string of the molecule is Cc1cc2c(cn1)OCc1nc(NC(=O)N3CC[C@@H](C)[C@H]3C(N)=O)sc1-2. The largest absolute Gasteiger partial charge is 0.485 e. The molecule has 9 heteroatoms. The zero-order valence-electron chi connectivity index (χ0n) is 14.5. The molecule has 8 nitrogen and oxygen atoms in total. The quantitative estimate of drug-likeness (QED) is 0.838. The number of rotatable bonds is 2. The average Bonchev–Trinajstić information content (AvgIpc) is 3.17. The molecule has 0 aromatic carbocycles. The molecule has 2 aliphatic rings. The van der Waals surface area contributed by atoms with E-state index in [2.05, 4.69) is 15.3 Å². The van der Waals surface area contributed by atoms with Crippen molar-refractivity contribution in [1.82, 2.24) is 14.9 Å². The van der Waals surface area contributed by atoms with Gasteiger partial charge in [-0.25, -0.2) is 9.78 Å². The summed E-state index contributed by atoms with van der Waals surface area (Å²) in [6.07, 6.45) is 2.46. The molecule has 136 valence electrons. The molecule has 26 heavy (non-hydrogen) atoms. The number of aryl methyl sites for hydroxylation is 1. The smallest absolute Gasteiger partial charge is 0.324 e. The van der Waals surface area contributed by atoms with Crippen molar-refractivity contribution in [2.24, 2.45) is 11.7 Å². The van der Waals surface area contributed by atoms with Gasteiger partial charge in [0.1, 0.15) is 18.4 Å². The van der Waals surface area contributed by atoms with Gasteiger partial charge in [0.05, 0.1) is 16.8 Å². The van der Waals surface area contributed by atoms with Gasteiger partial charge in [0.2, 0.25) is 5.91 Å². The molecule has 1 saturated heterocycles. The van der Waals surface area contributed by atoms with Crippen molar-refractivity contribution in [3.63, 3.8) is 0 Å². The first-order chi connectivity index (χ1) is 12.4. The van der Waals surface area contributed by atoms with E-state index in [0.29, 0.717) is 24.0 Å². The number of urea groups is 1. The number of carbonyl (C=O) groups is 2. The van der Waals surface area contributed by atoms with E-state index in [1.54, 1.807) is 6.20 Å². The maximum atomic E-state index is 12.6. The van der Waals surface area contributed by atoms with Crippen molar-refractivity contribution in [1.29, 1.82) is 0 Å². The van der Waals surface area contributed by atoms with Crippen LogP contribution in [0, 0.1) is 12.8 Å². The number of likely N-dealkylation sites (tertiary alicyclic amines) is 1. The molecule has 2 aliphatic heterocycles. The van der Waals surface area contributed by atoms with Gasteiger partial charge < -0.3 is 15.4 Å². The summed E-state index contributed by atoms with van der Waals surface area (Å²) >= 11 is 1.39. The number of hydrogen-bond donors (Lipinski definition) is 2. The number of nitrogens with one attached hydrogen (secondary N) is 1. The monoisotopic (exact) mass is 373 g/mol. The van der Waals surface area contributed by atoms with E-state index < -0.39 is 11.9 Å². The first kappa shape index (κ1) is 16.8. The molecule has 3 N–H and O–H groups in total. The Morgan fingerprint density at radius 2 is 2.27 bits per heavy atom. The lowest BCUT2D eigenvalue weighted by Crippen LogP contribution is -2.47. The highest BCUT2D eigenvalue weighted by Gasteiger charge is 2.38. The number of hydrogen-bond acceptors (Lipinski definition) is 6. The number of pyridine rings is 1. The maximum Gasteiger partial charge on any atom is 0.324 e. The number of nitrogens with two attached hydrogens (primary N) is 1. The number of carbonyl (C=O) groups excluding carboxylic acids is 2.